The van der Waals surface area contributed by atoms with Crippen LogP contribution in [0.5, 0.6) is 0 Å². The number of nitrogens with two attached hydrogens (primary N) is 1. The molecular weight excluding hydrogens is 230 g/mol. The standard InChI is InChI=1S/C14H27NO3/c1-9(2)11-6-5-10(3)7-13(11)18-14(16)12(15)8-17-4/h9-13H,5-8,15H2,1-4H3. The van der Waals surface area contributed by atoms with Gasteiger partial charge in [-0.3, -0.25) is 4.79 Å². The number of carbonyl (C=O) groups excluding carboxylic acids is 1. The summed E-state index contributed by atoms with van der Waals surface area (Å²) in [5, 5.41) is 0. The van der Waals surface area contributed by atoms with E-state index in [9.17, 15) is 4.79 Å². The molecule has 0 amide bonds. The summed E-state index contributed by atoms with van der Waals surface area (Å²) < 4.78 is 10.5. The highest BCUT2D eigenvalue weighted by molar-refractivity contribution is 5.75. The lowest BCUT2D eigenvalue weighted by Gasteiger charge is -2.37. The monoisotopic (exact) mass is 257 g/mol. The number of carbonyl (C=O) groups is 1. The van der Waals surface area contributed by atoms with Crippen LogP contribution >= 0.6 is 0 Å². The Morgan fingerprint density at radius 3 is 2.61 bits per heavy atom. The molecule has 4 nitrogen and oxygen atoms in total. The number of rotatable bonds is 5. The van der Waals surface area contributed by atoms with Crippen LogP contribution in [-0.4, -0.2) is 31.8 Å². The Morgan fingerprint density at radius 1 is 1.39 bits per heavy atom. The Hall–Kier alpha value is -0.610. The van der Waals surface area contributed by atoms with Gasteiger partial charge in [-0.25, -0.2) is 0 Å². The van der Waals surface area contributed by atoms with E-state index in [4.69, 9.17) is 15.2 Å². The first-order chi connectivity index (χ1) is 8.45. The van der Waals surface area contributed by atoms with Crippen molar-refractivity contribution in [1.82, 2.24) is 0 Å². The molecule has 18 heavy (non-hydrogen) atoms. The van der Waals surface area contributed by atoms with Crippen LogP contribution in [0.1, 0.15) is 40.0 Å². The van der Waals surface area contributed by atoms with Crippen molar-refractivity contribution in [2.45, 2.75) is 52.2 Å². The molecule has 1 fully saturated rings. The fourth-order valence-corrected chi connectivity index (χ4v) is 2.73. The van der Waals surface area contributed by atoms with Crippen LogP contribution in [0.4, 0.5) is 0 Å². The van der Waals surface area contributed by atoms with Crippen molar-refractivity contribution in [2.24, 2.45) is 23.5 Å². The molecule has 106 valence electrons. The van der Waals surface area contributed by atoms with Crippen molar-refractivity contribution < 1.29 is 14.3 Å². The van der Waals surface area contributed by atoms with Gasteiger partial charge in [0, 0.05) is 7.11 Å². The molecule has 0 aromatic rings. The third-order valence-corrected chi connectivity index (χ3v) is 3.88. The van der Waals surface area contributed by atoms with Crippen molar-refractivity contribution in [3.63, 3.8) is 0 Å². The van der Waals surface area contributed by atoms with Crippen molar-refractivity contribution in [2.75, 3.05) is 13.7 Å². The Kier molecular flexibility index (Phi) is 6.09. The summed E-state index contributed by atoms with van der Waals surface area (Å²) in [5.74, 6) is 1.28. The van der Waals surface area contributed by atoms with E-state index in [1.165, 1.54) is 13.5 Å². The first-order valence-electron chi connectivity index (χ1n) is 6.90. The van der Waals surface area contributed by atoms with E-state index in [1.807, 2.05) is 0 Å². The van der Waals surface area contributed by atoms with Gasteiger partial charge in [-0.2, -0.15) is 0 Å². The van der Waals surface area contributed by atoms with Crippen molar-refractivity contribution >= 4 is 5.97 Å². The van der Waals surface area contributed by atoms with Gasteiger partial charge in [0.1, 0.15) is 12.1 Å². The van der Waals surface area contributed by atoms with Crippen LogP contribution in [0.15, 0.2) is 0 Å². The first kappa shape index (κ1) is 15.4. The molecule has 1 aliphatic rings. The van der Waals surface area contributed by atoms with E-state index < -0.39 is 6.04 Å². The molecule has 0 aromatic heterocycles. The van der Waals surface area contributed by atoms with Crippen LogP contribution in [-0.2, 0) is 14.3 Å². The van der Waals surface area contributed by atoms with Gasteiger partial charge < -0.3 is 15.2 Å². The van der Waals surface area contributed by atoms with Crippen LogP contribution in [0.3, 0.4) is 0 Å². The second-order valence-corrected chi connectivity index (χ2v) is 5.86. The van der Waals surface area contributed by atoms with Gasteiger partial charge in [-0.15, -0.1) is 0 Å². The van der Waals surface area contributed by atoms with Gasteiger partial charge in [0.2, 0.25) is 0 Å². The van der Waals surface area contributed by atoms with E-state index in [2.05, 4.69) is 20.8 Å². The topological polar surface area (TPSA) is 61.5 Å². The molecule has 0 saturated heterocycles. The van der Waals surface area contributed by atoms with E-state index in [-0.39, 0.29) is 18.7 Å². The fourth-order valence-electron chi connectivity index (χ4n) is 2.73. The second kappa shape index (κ2) is 7.10. The molecule has 4 atom stereocenters. The number of methoxy groups -OCH3 is 1. The summed E-state index contributed by atoms with van der Waals surface area (Å²) in [7, 11) is 1.53. The minimum atomic E-state index is -0.667. The number of hydrogen-bond donors (Lipinski definition) is 1. The Bertz CT molecular complexity index is 268. The number of hydrogen-bond acceptors (Lipinski definition) is 4. The molecule has 1 rings (SSSR count). The normalized spacial score (nSPS) is 30.2. The zero-order valence-electron chi connectivity index (χ0n) is 12.0. The lowest BCUT2D eigenvalue weighted by Crippen LogP contribution is -2.42. The van der Waals surface area contributed by atoms with Crippen molar-refractivity contribution in [3.8, 4) is 0 Å². The summed E-state index contributed by atoms with van der Waals surface area (Å²) in [4.78, 5) is 11.8. The van der Waals surface area contributed by atoms with Crippen molar-refractivity contribution in [1.29, 1.82) is 0 Å². The summed E-state index contributed by atoms with van der Waals surface area (Å²) >= 11 is 0. The average Bonchev–Trinajstić information content (AvgIpc) is 2.28. The molecule has 0 radical (unpaired) electrons. The third-order valence-electron chi connectivity index (χ3n) is 3.88. The Balaban J connectivity index is 2.57. The smallest absolute Gasteiger partial charge is 0.325 e. The largest absolute Gasteiger partial charge is 0.461 e. The minimum absolute atomic E-state index is 0.0177. The molecule has 2 N–H and O–H groups in total. The zero-order chi connectivity index (χ0) is 13.7. The molecule has 1 saturated carbocycles. The van der Waals surface area contributed by atoms with Crippen LogP contribution in [0.2, 0.25) is 0 Å². The highest BCUT2D eigenvalue weighted by Gasteiger charge is 2.34. The predicted octanol–water partition coefficient (Wildman–Crippen LogP) is 1.96. The summed E-state index contributed by atoms with van der Waals surface area (Å²) in [6.45, 7) is 6.81. The van der Waals surface area contributed by atoms with Gasteiger partial charge in [-0.05, 0) is 30.6 Å². The van der Waals surface area contributed by atoms with Gasteiger partial charge in [0.05, 0.1) is 6.61 Å². The molecule has 0 aliphatic heterocycles. The molecule has 0 aromatic carbocycles. The lowest BCUT2D eigenvalue weighted by atomic mass is 9.75. The Morgan fingerprint density at radius 2 is 2.06 bits per heavy atom. The minimum Gasteiger partial charge on any atom is -0.461 e. The zero-order valence-corrected chi connectivity index (χ0v) is 12.0. The SMILES string of the molecule is COCC(N)C(=O)OC1CC(C)CCC1C(C)C. The molecular formula is C14H27NO3. The highest BCUT2D eigenvalue weighted by atomic mass is 16.5. The van der Waals surface area contributed by atoms with Crippen LogP contribution in [0.25, 0.3) is 0 Å². The van der Waals surface area contributed by atoms with Crippen molar-refractivity contribution in [3.05, 3.63) is 0 Å². The molecule has 0 spiro atoms. The van der Waals surface area contributed by atoms with Crippen LogP contribution in [0, 0.1) is 17.8 Å². The summed E-state index contributed by atoms with van der Waals surface area (Å²) in [6.07, 6.45) is 3.33. The summed E-state index contributed by atoms with van der Waals surface area (Å²) in [5.41, 5.74) is 5.70. The highest BCUT2D eigenvalue weighted by Crippen LogP contribution is 2.35. The molecule has 4 unspecified atom stereocenters. The Labute approximate surface area is 110 Å². The maximum atomic E-state index is 11.8. The quantitative estimate of drug-likeness (QED) is 0.765. The molecule has 1 aliphatic carbocycles. The molecule has 0 bridgehead atoms. The maximum Gasteiger partial charge on any atom is 0.325 e. The van der Waals surface area contributed by atoms with E-state index >= 15 is 0 Å². The van der Waals surface area contributed by atoms with Gasteiger partial charge in [0.15, 0.2) is 0 Å². The van der Waals surface area contributed by atoms with Gasteiger partial charge in [0.25, 0.3) is 0 Å². The van der Waals surface area contributed by atoms with Gasteiger partial charge in [-0.1, -0.05) is 27.2 Å². The van der Waals surface area contributed by atoms with Gasteiger partial charge >= 0.3 is 5.97 Å². The number of ether oxygens (including phenoxy) is 2. The molecule has 4 heteroatoms. The maximum absolute atomic E-state index is 11.8. The predicted molar refractivity (Wildman–Crippen MR) is 71.1 cm³/mol. The first-order valence-corrected chi connectivity index (χ1v) is 6.90. The molecule has 0 heterocycles. The van der Waals surface area contributed by atoms with E-state index in [0.29, 0.717) is 17.8 Å². The number of esters is 1. The van der Waals surface area contributed by atoms with E-state index in [0.717, 1.165) is 12.8 Å². The van der Waals surface area contributed by atoms with E-state index in [1.54, 1.807) is 0 Å². The second-order valence-electron chi connectivity index (χ2n) is 5.86. The lowest BCUT2D eigenvalue weighted by molar-refractivity contribution is -0.158. The van der Waals surface area contributed by atoms with Crippen LogP contribution < -0.4 is 5.73 Å². The average molecular weight is 257 g/mol. The fraction of sp³-hybridized carbons (Fsp3) is 0.929. The summed E-state index contributed by atoms with van der Waals surface area (Å²) in [6, 6.07) is -0.667. The third kappa shape index (κ3) is 4.25.